The molecule has 276 valence electrons. The maximum absolute atomic E-state index is 5.20. The molecule has 0 amide bonds. The Hall–Kier alpha value is -7.75. The van der Waals surface area contributed by atoms with Crippen LogP contribution in [0, 0.1) is 0 Å². The van der Waals surface area contributed by atoms with Crippen LogP contribution in [0.5, 0.6) is 0 Å². The Morgan fingerprint density at radius 3 is 1.66 bits per heavy atom. The minimum atomic E-state index is 0.0478. The third-order valence-corrected chi connectivity index (χ3v) is 12.3. The van der Waals surface area contributed by atoms with Crippen molar-refractivity contribution in [1.29, 1.82) is 0 Å². The van der Waals surface area contributed by atoms with Crippen molar-refractivity contribution in [3.63, 3.8) is 0 Å². The van der Waals surface area contributed by atoms with Crippen LogP contribution in [-0.2, 0) is 0 Å². The van der Waals surface area contributed by atoms with Crippen LogP contribution < -0.4 is 5.32 Å². The number of hydrogen-bond acceptors (Lipinski definition) is 2. The fraction of sp³-hybridized carbons (Fsp3) is 0.0179. The van der Waals surface area contributed by atoms with Crippen LogP contribution in [0.25, 0.3) is 99.3 Å². The van der Waals surface area contributed by atoms with E-state index in [1.807, 2.05) is 6.20 Å². The van der Waals surface area contributed by atoms with E-state index in [-0.39, 0.29) is 6.04 Å². The highest BCUT2D eigenvalue weighted by Crippen LogP contribution is 2.46. The molecule has 1 unspecified atom stereocenters. The van der Waals surface area contributed by atoms with Gasteiger partial charge in [-0.25, -0.2) is 4.98 Å². The van der Waals surface area contributed by atoms with Gasteiger partial charge < -0.3 is 5.32 Å². The topological polar surface area (TPSA) is 29.9 Å². The first-order chi connectivity index (χ1) is 29.3. The molecule has 11 aromatic rings. The van der Waals surface area contributed by atoms with Gasteiger partial charge >= 0.3 is 0 Å². The van der Waals surface area contributed by atoms with Crippen molar-refractivity contribution in [2.45, 2.75) is 6.04 Å². The van der Waals surface area contributed by atoms with E-state index >= 15 is 0 Å². The zero-order valence-corrected chi connectivity index (χ0v) is 32.2. The average molecular weight is 752 g/mol. The molecular weight excluding hydrogens is 715 g/mol. The fourth-order valence-corrected chi connectivity index (χ4v) is 9.57. The van der Waals surface area contributed by atoms with Crippen molar-refractivity contribution in [2.75, 3.05) is 0 Å². The average Bonchev–Trinajstić information content (AvgIpc) is 3.65. The lowest BCUT2D eigenvalue weighted by Crippen LogP contribution is -2.21. The largest absolute Gasteiger partial charge is 0.380 e. The quantitative estimate of drug-likeness (QED) is 0.178. The summed E-state index contributed by atoms with van der Waals surface area (Å²) in [6.07, 6.45) is 6.29. The molecule has 1 atom stereocenters. The molecular formula is C56H37N3. The lowest BCUT2D eigenvalue weighted by molar-refractivity contribution is 0.721. The van der Waals surface area contributed by atoms with Gasteiger partial charge in [0, 0.05) is 22.7 Å². The van der Waals surface area contributed by atoms with Crippen LogP contribution in [0.4, 0.5) is 0 Å². The molecule has 0 fully saturated rings. The number of aromatic nitrogens is 2. The summed E-state index contributed by atoms with van der Waals surface area (Å²) in [4.78, 5) is 5.20. The van der Waals surface area contributed by atoms with Gasteiger partial charge in [0.15, 0.2) is 0 Å². The second kappa shape index (κ2) is 13.4. The molecule has 1 aliphatic heterocycles. The molecule has 0 saturated heterocycles. The number of pyridine rings is 1. The maximum Gasteiger partial charge on any atom is 0.137 e. The Morgan fingerprint density at radius 2 is 0.983 bits per heavy atom. The second-order valence-electron chi connectivity index (χ2n) is 15.6. The number of nitrogens with one attached hydrogen (secondary N) is 1. The summed E-state index contributed by atoms with van der Waals surface area (Å²) in [6.45, 7) is 0. The van der Waals surface area contributed by atoms with Crippen LogP contribution in [0.2, 0.25) is 0 Å². The third-order valence-electron chi connectivity index (χ3n) is 12.3. The fourth-order valence-electron chi connectivity index (χ4n) is 9.57. The van der Waals surface area contributed by atoms with E-state index in [1.165, 1.54) is 81.9 Å². The first-order valence-corrected chi connectivity index (χ1v) is 20.3. The van der Waals surface area contributed by atoms with E-state index in [9.17, 15) is 0 Å². The molecule has 3 heterocycles. The number of hydrogen-bond donors (Lipinski definition) is 1. The van der Waals surface area contributed by atoms with E-state index < -0.39 is 0 Å². The lowest BCUT2D eigenvalue weighted by atomic mass is 9.84. The van der Waals surface area contributed by atoms with Gasteiger partial charge in [0.1, 0.15) is 5.82 Å². The summed E-state index contributed by atoms with van der Waals surface area (Å²) in [5.74, 6) is 0.895. The number of para-hydroxylation sites is 1. The molecule has 2 aromatic heterocycles. The van der Waals surface area contributed by atoms with Crippen LogP contribution >= 0.6 is 0 Å². The molecule has 59 heavy (non-hydrogen) atoms. The van der Waals surface area contributed by atoms with Gasteiger partial charge in [0.25, 0.3) is 0 Å². The van der Waals surface area contributed by atoms with Gasteiger partial charge in [0.2, 0.25) is 0 Å². The Balaban J connectivity index is 1.05. The Bertz CT molecular complexity index is 3470. The summed E-state index contributed by atoms with van der Waals surface area (Å²) in [5, 5.41) is 14.8. The monoisotopic (exact) mass is 751 g/mol. The predicted octanol–water partition coefficient (Wildman–Crippen LogP) is 14.3. The van der Waals surface area contributed by atoms with Crippen molar-refractivity contribution >= 4 is 60.1 Å². The van der Waals surface area contributed by atoms with Gasteiger partial charge in [0.05, 0.1) is 17.3 Å². The van der Waals surface area contributed by atoms with Crippen molar-refractivity contribution < 1.29 is 0 Å². The summed E-state index contributed by atoms with van der Waals surface area (Å²) in [7, 11) is 0. The van der Waals surface area contributed by atoms with Gasteiger partial charge in [-0.05, 0) is 125 Å². The minimum absolute atomic E-state index is 0.0478. The Labute approximate surface area is 342 Å². The normalized spacial score (nSPS) is 13.7. The van der Waals surface area contributed by atoms with Gasteiger partial charge in [-0.3, -0.25) is 4.57 Å². The first kappa shape index (κ1) is 33.4. The summed E-state index contributed by atoms with van der Waals surface area (Å²) in [5.41, 5.74) is 11.9. The molecule has 12 rings (SSSR count). The zero-order valence-electron chi connectivity index (χ0n) is 32.2. The second-order valence-corrected chi connectivity index (χ2v) is 15.6. The Kier molecular flexibility index (Phi) is 7.60. The molecule has 3 heteroatoms. The number of benzene rings is 9. The van der Waals surface area contributed by atoms with Crippen molar-refractivity contribution in [2.24, 2.45) is 0 Å². The van der Waals surface area contributed by atoms with Crippen molar-refractivity contribution in [3.8, 4) is 39.2 Å². The summed E-state index contributed by atoms with van der Waals surface area (Å²) >= 11 is 0. The summed E-state index contributed by atoms with van der Waals surface area (Å²) in [6, 6.07) is 70.8. The molecule has 1 N–H and O–H groups in total. The highest BCUT2D eigenvalue weighted by atomic mass is 15.1. The number of rotatable bonds is 5. The van der Waals surface area contributed by atoms with E-state index in [1.54, 1.807) is 0 Å². The molecule has 0 aliphatic carbocycles. The molecule has 0 bridgehead atoms. The van der Waals surface area contributed by atoms with Crippen LogP contribution in [0.15, 0.2) is 207 Å². The van der Waals surface area contributed by atoms with E-state index in [4.69, 9.17) is 4.98 Å². The number of fused-ring (bicyclic) bond motifs is 7. The molecule has 0 saturated carbocycles. The Morgan fingerprint density at radius 1 is 0.424 bits per heavy atom. The first-order valence-electron chi connectivity index (χ1n) is 20.3. The molecule has 0 radical (unpaired) electrons. The van der Waals surface area contributed by atoms with Crippen LogP contribution in [0.1, 0.15) is 22.9 Å². The SMILES string of the molecule is C1=Cc2c(c3ccccc3n2-c2ccc(-c3ccc4c(-c5ccc6ccccc6c5)c5ccccc5c(-c5ccc6ccccc6c5)c4c3)cn2)C(c2ccccc2)N1. The molecule has 0 spiro atoms. The van der Waals surface area contributed by atoms with Crippen molar-refractivity contribution in [1.82, 2.24) is 14.9 Å². The third kappa shape index (κ3) is 5.40. The summed E-state index contributed by atoms with van der Waals surface area (Å²) < 4.78 is 2.31. The minimum Gasteiger partial charge on any atom is -0.380 e. The zero-order chi connectivity index (χ0) is 38.9. The predicted molar refractivity (Wildman–Crippen MR) is 248 cm³/mol. The molecule has 9 aromatic carbocycles. The van der Waals surface area contributed by atoms with Gasteiger partial charge in [-0.1, -0.05) is 158 Å². The van der Waals surface area contributed by atoms with Gasteiger partial charge in [-0.2, -0.15) is 0 Å². The van der Waals surface area contributed by atoms with Crippen LogP contribution in [-0.4, -0.2) is 9.55 Å². The van der Waals surface area contributed by atoms with E-state index in [0.29, 0.717) is 0 Å². The van der Waals surface area contributed by atoms with Crippen LogP contribution in [0.3, 0.4) is 0 Å². The van der Waals surface area contributed by atoms with Crippen molar-refractivity contribution in [3.05, 3.63) is 223 Å². The van der Waals surface area contributed by atoms with Gasteiger partial charge in [-0.15, -0.1) is 0 Å². The smallest absolute Gasteiger partial charge is 0.137 e. The highest BCUT2D eigenvalue weighted by Gasteiger charge is 2.27. The molecule has 3 nitrogen and oxygen atoms in total. The van der Waals surface area contributed by atoms with E-state index in [2.05, 4.69) is 216 Å². The molecule has 1 aliphatic rings. The standard InChI is InChI=1S/C56H37N3/c1-2-14-38(15-3-1)56-55-48-20-10-11-21-50(48)59(51(55)30-31-57-56)52-29-27-44(35-58-52)41-26-28-47-49(34-41)54(43-25-23-37-13-5-7-17-40(37)33-43)46-19-9-8-18-45(46)53(47)42-24-22-36-12-4-6-16-39(36)32-42/h1-35,56-57H. The van der Waals surface area contributed by atoms with E-state index in [0.717, 1.165) is 28.2 Å². The maximum atomic E-state index is 5.20. The number of nitrogens with zero attached hydrogens (tertiary/aromatic N) is 2. The highest BCUT2D eigenvalue weighted by molar-refractivity contribution is 6.22. The lowest BCUT2D eigenvalue weighted by Gasteiger charge is -2.23.